The first-order valence-corrected chi connectivity index (χ1v) is 7.03. The Balaban J connectivity index is 1.80. The quantitative estimate of drug-likeness (QED) is 0.819. The van der Waals surface area contributed by atoms with Gasteiger partial charge in [0, 0.05) is 30.7 Å². The lowest BCUT2D eigenvalue weighted by molar-refractivity contribution is -0.120. The Morgan fingerprint density at radius 3 is 2.71 bits per heavy atom. The van der Waals surface area contributed by atoms with E-state index in [1.54, 1.807) is 0 Å². The van der Waals surface area contributed by atoms with Crippen LogP contribution in [-0.4, -0.2) is 37.5 Å². The highest BCUT2D eigenvalue weighted by molar-refractivity contribution is 5.03. The van der Waals surface area contributed by atoms with E-state index in [-0.39, 0.29) is 5.41 Å². The monoisotopic (exact) mass is 241 g/mol. The van der Waals surface area contributed by atoms with E-state index in [1.165, 1.54) is 0 Å². The molecule has 0 aromatic rings. The lowest BCUT2D eigenvalue weighted by Gasteiger charge is -2.53. The van der Waals surface area contributed by atoms with E-state index in [2.05, 4.69) is 33.0 Å². The third-order valence-electron chi connectivity index (χ3n) is 4.47. The predicted molar refractivity (Wildman–Crippen MR) is 69.2 cm³/mol. The molecule has 17 heavy (non-hydrogen) atoms. The number of ether oxygens (including phenoxy) is 2. The second-order valence-electron chi connectivity index (χ2n) is 6.12. The molecule has 1 heterocycles. The lowest BCUT2D eigenvalue weighted by atomic mass is 9.64. The summed E-state index contributed by atoms with van der Waals surface area (Å²) in [7, 11) is 0. The van der Waals surface area contributed by atoms with Gasteiger partial charge in [-0.15, -0.1) is 0 Å². The van der Waals surface area contributed by atoms with Crippen LogP contribution in [0, 0.1) is 5.41 Å². The topological polar surface area (TPSA) is 30.5 Å². The third kappa shape index (κ3) is 2.83. The minimum atomic E-state index is 0.275. The van der Waals surface area contributed by atoms with Gasteiger partial charge in [-0.25, -0.2) is 0 Å². The Morgan fingerprint density at radius 2 is 2.12 bits per heavy atom. The van der Waals surface area contributed by atoms with Crippen molar-refractivity contribution in [3.8, 4) is 0 Å². The van der Waals surface area contributed by atoms with E-state index >= 15 is 0 Å². The van der Waals surface area contributed by atoms with Crippen LogP contribution >= 0.6 is 0 Å². The highest BCUT2D eigenvalue weighted by atomic mass is 16.5. The fourth-order valence-corrected chi connectivity index (χ4v) is 3.09. The molecule has 4 unspecified atom stereocenters. The van der Waals surface area contributed by atoms with Crippen LogP contribution in [0.25, 0.3) is 0 Å². The van der Waals surface area contributed by atoms with Crippen LogP contribution in [0.3, 0.4) is 0 Å². The van der Waals surface area contributed by atoms with Crippen molar-refractivity contribution in [3.05, 3.63) is 0 Å². The van der Waals surface area contributed by atoms with E-state index in [0.29, 0.717) is 24.3 Å². The fraction of sp³-hybridized carbons (Fsp3) is 1.00. The fourth-order valence-electron chi connectivity index (χ4n) is 3.09. The van der Waals surface area contributed by atoms with Crippen molar-refractivity contribution >= 4 is 0 Å². The summed E-state index contributed by atoms with van der Waals surface area (Å²) in [6.07, 6.45) is 4.30. The summed E-state index contributed by atoms with van der Waals surface area (Å²) in [5.74, 6) is 0. The normalized spacial score (nSPS) is 40.9. The molecule has 0 amide bonds. The minimum absolute atomic E-state index is 0.275. The zero-order chi connectivity index (χ0) is 12.5. The van der Waals surface area contributed by atoms with E-state index < -0.39 is 0 Å². The maximum absolute atomic E-state index is 5.77. The maximum atomic E-state index is 5.77. The molecule has 0 radical (unpaired) electrons. The zero-order valence-corrected chi connectivity index (χ0v) is 11.7. The smallest absolute Gasteiger partial charge is 0.0655 e. The third-order valence-corrected chi connectivity index (χ3v) is 4.47. The van der Waals surface area contributed by atoms with Gasteiger partial charge in [0.05, 0.1) is 12.2 Å². The molecule has 2 aliphatic rings. The van der Waals surface area contributed by atoms with Gasteiger partial charge >= 0.3 is 0 Å². The molecule has 1 saturated heterocycles. The van der Waals surface area contributed by atoms with Gasteiger partial charge in [0.15, 0.2) is 0 Å². The van der Waals surface area contributed by atoms with Crippen LogP contribution in [0.15, 0.2) is 0 Å². The molecule has 1 saturated carbocycles. The molecule has 0 bridgehead atoms. The van der Waals surface area contributed by atoms with Gasteiger partial charge in [0.1, 0.15) is 0 Å². The summed E-state index contributed by atoms with van der Waals surface area (Å²) in [6.45, 7) is 10.6. The molecule has 3 nitrogen and oxygen atoms in total. The van der Waals surface area contributed by atoms with Crippen LogP contribution in [0.5, 0.6) is 0 Å². The molecule has 2 fully saturated rings. The SMILES string of the molecule is CCOC1CC(NC2CCOC(C)C2)C1(C)C. The molecule has 3 heteroatoms. The standard InChI is InChI=1S/C14H27NO2/c1-5-16-13-9-12(14(13,3)4)15-11-6-7-17-10(2)8-11/h10-13,15H,5-9H2,1-4H3. The number of hydrogen-bond acceptors (Lipinski definition) is 3. The largest absolute Gasteiger partial charge is 0.378 e. The average Bonchev–Trinajstić information content (AvgIpc) is 2.28. The van der Waals surface area contributed by atoms with Gasteiger partial charge < -0.3 is 14.8 Å². The zero-order valence-electron chi connectivity index (χ0n) is 11.7. The molecule has 1 N–H and O–H groups in total. The van der Waals surface area contributed by atoms with Crippen molar-refractivity contribution in [2.24, 2.45) is 5.41 Å². The predicted octanol–water partition coefficient (Wildman–Crippen LogP) is 2.35. The van der Waals surface area contributed by atoms with Gasteiger partial charge in [0.25, 0.3) is 0 Å². The summed E-state index contributed by atoms with van der Waals surface area (Å²) in [5, 5.41) is 3.80. The van der Waals surface area contributed by atoms with Crippen molar-refractivity contribution in [2.45, 2.75) is 71.2 Å². The van der Waals surface area contributed by atoms with Crippen molar-refractivity contribution in [3.63, 3.8) is 0 Å². The van der Waals surface area contributed by atoms with Crippen LogP contribution in [0.1, 0.15) is 47.0 Å². The molecule has 100 valence electrons. The Labute approximate surface area is 105 Å². The molecule has 0 spiro atoms. The Morgan fingerprint density at radius 1 is 1.35 bits per heavy atom. The highest BCUT2D eigenvalue weighted by Crippen LogP contribution is 2.43. The van der Waals surface area contributed by atoms with Gasteiger partial charge in [-0.05, 0) is 33.1 Å². The minimum Gasteiger partial charge on any atom is -0.378 e. The van der Waals surface area contributed by atoms with Crippen molar-refractivity contribution in [2.75, 3.05) is 13.2 Å². The number of nitrogens with one attached hydrogen (secondary N) is 1. The summed E-state index contributed by atoms with van der Waals surface area (Å²) in [6, 6.07) is 1.24. The van der Waals surface area contributed by atoms with E-state index in [4.69, 9.17) is 9.47 Å². The van der Waals surface area contributed by atoms with Crippen LogP contribution < -0.4 is 5.32 Å². The first-order valence-electron chi connectivity index (χ1n) is 7.03. The Hall–Kier alpha value is -0.120. The Kier molecular flexibility index (Phi) is 4.11. The summed E-state index contributed by atoms with van der Waals surface area (Å²) in [5.41, 5.74) is 0.275. The number of rotatable bonds is 4. The van der Waals surface area contributed by atoms with Crippen molar-refractivity contribution < 1.29 is 9.47 Å². The maximum Gasteiger partial charge on any atom is 0.0655 e. The van der Waals surface area contributed by atoms with Gasteiger partial charge in [-0.1, -0.05) is 13.8 Å². The van der Waals surface area contributed by atoms with Crippen LogP contribution in [-0.2, 0) is 9.47 Å². The second kappa shape index (κ2) is 5.25. The van der Waals surface area contributed by atoms with Crippen LogP contribution in [0.2, 0.25) is 0 Å². The molecular weight excluding hydrogens is 214 g/mol. The van der Waals surface area contributed by atoms with E-state index in [0.717, 1.165) is 32.5 Å². The van der Waals surface area contributed by atoms with Gasteiger partial charge in [-0.3, -0.25) is 0 Å². The lowest BCUT2D eigenvalue weighted by Crippen LogP contribution is -2.63. The van der Waals surface area contributed by atoms with Crippen molar-refractivity contribution in [1.82, 2.24) is 5.32 Å². The second-order valence-corrected chi connectivity index (χ2v) is 6.12. The summed E-state index contributed by atoms with van der Waals surface area (Å²) >= 11 is 0. The Bertz CT molecular complexity index is 255. The summed E-state index contributed by atoms with van der Waals surface area (Å²) < 4.78 is 11.4. The molecule has 2 rings (SSSR count). The van der Waals surface area contributed by atoms with Crippen molar-refractivity contribution in [1.29, 1.82) is 0 Å². The summed E-state index contributed by atoms with van der Waals surface area (Å²) in [4.78, 5) is 0. The molecule has 1 aliphatic carbocycles. The van der Waals surface area contributed by atoms with E-state index in [1.807, 2.05) is 0 Å². The van der Waals surface area contributed by atoms with Gasteiger partial charge in [0.2, 0.25) is 0 Å². The molecule has 1 aliphatic heterocycles. The van der Waals surface area contributed by atoms with Crippen LogP contribution in [0.4, 0.5) is 0 Å². The molecular formula is C14H27NO2. The highest BCUT2D eigenvalue weighted by Gasteiger charge is 2.49. The average molecular weight is 241 g/mol. The van der Waals surface area contributed by atoms with E-state index in [9.17, 15) is 0 Å². The molecule has 0 aromatic carbocycles. The van der Waals surface area contributed by atoms with Gasteiger partial charge in [-0.2, -0.15) is 0 Å². The molecule has 4 atom stereocenters. The number of hydrogen-bond donors (Lipinski definition) is 1. The first-order chi connectivity index (χ1) is 8.04. The first kappa shape index (κ1) is 13.3. The molecule has 0 aromatic heterocycles.